The van der Waals surface area contributed by atoms with Crippen molar-refractivity contribution in [2.75, 3.05) is 0 Å². The summed E-state index contributed by atoms with van der Waals surface area (Å²) in [4.78, 5) is 2.48. The van der Waals surface area contributed by atoms with Gasteiger partial charge in [-0.05, 0) is 38.2 Å². The fraction of sp³-hybridized carbons (Fsp3) is 0.529. The van der Waals surface area contributed by atoms with Crippen molar-refractivity contribution in [3.63, 3.8) is 0 Å². The van der Waals surface area contributed by atoms with Crippen LogP contribution in [0.3, 0.4) is 0 Å². The summed E-state index contributed by atoms with van der Waals surface area (Å²) in [7, 11) is 0. The van der Waals surface area contributed by atoms with Gasteiger partial charge in [0.15, 0.2) is 0 Å². The lowest BCUT2D eigenvalue weighted by atomic mass is 9.70. The molecule has 1 unspecified atom stereocenters. The van der Waals surface area contributed by atoms with Crippen LogP contribution < -0.4 is 0 Å². The normalized spacial score (nSPS) is 36.1. The Morgan fingerprint density at radius 3 is 2.53 bits per heavy atom. The predicted molar refractivity (Wildman–Crippen MR) is 77.9 cm³/mol. The average molecular weight is 257 g/mol. The highest BCUT2D eigenvalue weighted by Gasteiger charge is 2.51. The van der Waals surface area contributed by atoms with Crippen LogP contribution in [0.15, 0.2) is 43.0 Å². The number of aliphatic hydroxyl groups is 1. The van der Waals surface area contributed by atoms with E-state index < -0.39 is 5.60 Å². The number of piperidine rings is 2. The first-order valence-electron chi connectivity index (χ1n) is 7.33. The largest absolute Gasteiger partial charge is 0.388 e. The van der Waals surface area contributed by atoms with Crippen LogP contribution in [0.5, 0.6) is 0 Å². The van der Waals surface area contributed by atoms with Gasteiger partial charge in [0, 0.05) is 12.1 Å². The molecule has 102 valence electrons. The molecule has 4 rings (SSSR count). The summed E-state index contributed by atoms with van der Waals surface area (Å²) in [5.74, 6) is 0. The molecule has 2 saturated heterocycles. The van der Waals surface area contributed by atoms with Crippen molar-refractivity contribution in [3.05, 3.63) is 48.6 Å². The van der Waals surface area contributed by atoms with Crippen LogP contribution >= 0.6 is 0 Å². The molecule has 1 aromatic carbocycles. The van der Waals surface area contributed by atoms with Gasteiger partial charge in [0.25, 0.3) is 0 Å². The van der Waals surface area contributed by atoms with Gasteiger partial charge < -0.3 is 5.11 Å². The van der Waals surface area contributed by atoms with Crippen LogP contribution in [-0.4, -0.2) is 27.7 Å². The molecule has 0 spiro atoms. The Bertz CT molecular complexity index is 448. The molecule has 0 amide bonds. The van der Waals surface area contributed by atoms with E-state index in [0.717, 1.165) is 25.7 Å². The topological polar surface area (TPSA) is 23.5 Å². The van der Waals surface area contributed by atoms with Gasteiger partial charge in [-0.3, -0.25) is 4.90 Å². The zero-order valence-electron chi connectivity index (χ0n) is 11.6. The minimum Gasteiger partial charge on any atom is -0.388 e. The average Bonchev–Trinajstić information content (AvgIpc) is 2.46. The summed E-state index contributed by atoms with van der Waals surface area (Å²) in [6, 6.07) is 11.6. The summed E-state index contributed by atoms with van der Waals surface area (Å²) in [6.45, 7) is 6.22. The Morgan fingerprint density at radius 2 is 1.95 bits per heavy atom. The molecule has 1 aromatic rings. The summed E-state index contributed by atoms with van der Waals surface area (Å²) < 4.78 is 0. The third-order valence-electron chi connectivity index (χ3n) is 5.07. The summed E-state index contributed by atoms with van der Waals surface area (Å²) in [5.41, 5.74) is 0.769. The second kappa shape index (κ2) is 4.77. The molecule has 2 bridgehead atoms. The molecule has 2 aliphatic heterocycles. The van der Waals surface area contributed by atoms with E-state index in [0.29, 0.717) is 12.1 Å². The first kappa shape index (κ1) is 12.9. The SMILES string of the molecule is C=CC1N([C@H](C)c2ccccc2)[C@H]2CC[C@@]1(O)CC2. The van der Waals surface area contributed by atoms with Crippen LogP contribution in [0, 0.1) is 0 Å². The number of fused-ring (bicyclic) bond motifs is 3. The number of hydrogen-bond donors (Lipinski definition) is 1. The van der Waals surface area contributed by atoms with Crippen molar-refractivity contribution in [2.45, 2.75) is 56.3 Å². The highest BCUT2D eigenvalue weighted by atomic mass is 16.3. The standard InChI is InChI=1S/C17H23NO/c1-3-16-17(19)11-9-15(10-12-17)18(16)13(2)14-7-5-4-6-8-14/h3-8,13,15-16,19H,1,9-12H2,2H3/t13-,15-,16?,17+/m1/s1. The maximum absolute atomic E-state index is 10.8. The number of nitrogens with zero attached hydrogens (tertiary/aromatic N) is 1. The molecule has 2 heterocycles. The van der Waals surface area contributed by atoms with Crippen LogP contribution in [0.25, 0.3) is 0 Å². The molecule has 1 saturated carbocycles. The van der Waals surface area contributed by atoms with Gasteiger partial charge in [0.05, 0.1) is 11.6 Å². The molecule has 1 N–H and O–H groups in total. The summed E-state index contributed by atoms with van der Waals surface area (Å²) in [6.07, 6.45) is 6.01. The van der Waals surface area contributed by atoms with Gasteiger partial charge >= 0.3 is 0 Å². The maximum atomic E-state index is 10.8. The fourth-order valence-corrected chi connectivity index (χ4v) is 4.00. The van der Waals surface area contributed by atoms with Crippen molar-refractivity contribution in [1.29, 1.82) is 0 Å². The Labute approximate surface area is 115 Å². The van der Waals surface area contributed by atoms with Crippen LogP contribution in [-0.2, 0) is 0 Å². The molecule has 3 fully saturated rings. The molecule has 0 radical (unpaired) electrons. The van der Waals surface area contributed by atoms with Crippen molar-refractivity contribution in [1.82, 2.24) is 4.90 Å². The highest BCUT2D eigenvalue weighted by molar-refractivity contribution is 5.22. The first-order valence-corrected chi connectivity index (χ1v) is 7.33. The lowest BCUT2D eigenvalue weighted by molar-refractivity contribution is -0.140. The van der Waals surface area contributed by atoms with E-state index in [9.17, 15) is 5.11 Å². The van der Waals surface area contributed by atoms with Crippen molar-refractivity contribution >= 4 is 0 Å². The van der Waals surface area contributed by atoms with E-state index in [1.165, 1.54) is 5.56 Å². The van der Waals surface area contributed by atoms with E-state index in [1.807, 2.05) is 6.08 Å². The maximum Gasteiger partial charge on any atom is 0.0839 e. The Balaban J connectivity index is 1.92. The Hall–Kier alpha value is -1.12. The smallest absolute Gasteiger partial charge is 0.0839 e. The predicted octanol–water partition coefficient (Wildman–Crippen LogP) is 3.29. The minimum absolute atomic E-state index is 0.0928. The monoisotopic (exact) mass is 257 g/mol. The fourth-order valence-electron chi connectivity index (χ4n) is 4.00. The molecule has 2 heteroatoms. The van der Waals surface area contributed by atoms with Crippen LogP contribution in [0.1, 0.15) is 44.2 Å². The second-order valence-corrected chi connectivity index (χ2v) is 6.05. The molecular formula is C17H23NO. The lowest BCUT2D eigenvalue weighted by Crippen LogP contribution is -2.64. The van der Waals surface area contributed by atoms with Crippen molar-refractivity contribution < 1.29 is 5.11 Å². The molecule has 2 nitrogen and oxygen atoms in total. The first-order chi connectivity index (χ1) is 9.15. The molecule has 2 atom stereocenters. The van der Waals surface area contributed by atoms with E-state index in [2.05, 4.69) is 48.7 Å². The second-order valence-electron chi connectivity index (χ2n) is 6.05. The Kier molecular flexibility index (Phi) is 3.23. The zero-order valence-corrected chi connectivity index (χ0v) is 11.6. The molecule has 1 aliphatic carbocycles. The van der Waals surface area contributed by atoms with Crippen molar-refractivity contribution in [3.8, 4) is 0 Å². The third kappa shape index (κ3) is 2.03. The molecule has 3 aliphatic rings. The number of hydrogen-bond acceptors (Lipinski definition) is 2. The molecular weight excluding hydrogens is 234 g/mol. The van der Waals surface area contributed by atoms with E-state index in [1.54, 1.807) is 0 Å². The third-order valence-corrected chi connectivity index (χ3v) is 5.07. The zero-order chi connectivity index (χ0) is 13.5. The molecule has 0 aromatic heterocycles. The lowest BCUT2D eigenvalue weighted by Gasteiger charge is -2.57. The van der Waals surface area contributed by atoms with Gasteiger partial charge in [-0.25, -0.2) is 0 Å². The Morgan fingerprint density at radius 1 is 1.32 bits per heavy atom. The van der Waals surface area contributed by atoms with Crippen LogP contribution in [0.2, 0.25) is 0 Å². The quantitative estimate of drug-likeness (QED) is 0.840. The van der Waals surface area contributed by atoms with Gasteiger partial charge in [-0.15, -0.1) is 6.58 Å². The highest BCUT2D eigenvalue weighted by Crippen LogP contribution is 2.46. The van der Waals surface area contributed by atoms with Crippen LogP contribution in [0.4, 0.5) is 0 Å². The summed E-state index contributed by atoms with van der Waals surface area (Å²) >= 11 is 0. The summed E-state index contributed by atoms with van der Waals surface area (Å²) in [5, 5.41) is 10.8. The van der Waals surface area contributed by atoms with E-state index >= 15 is 0 Å². The van der Waals surface area contributed by atoms with Gasteiger partial charge in [-0.2, -0.15) is 0 Å². The number of benzene rings is 1. The molecule has 19 heavy (non-hydrogen) atoms. The minimum atomic E-state index is -0.556. The van der Waals surface area contributed by atoms with Gasteiger partial charge in [0.2, 0.25) is 0 Å². The van der Waals surface area contributed by atoms with Gasteiger partial charge in [-0.1, -0.05) is 36.4 Å². The van der Waals surface area contributed by atoms with Gasteiger partial charge in [0.1, 0.15) is 0 Å². The number of rotatable bonds is 3. The van der Waals surface area contributed by atoms with Crippen molar-refractivity contribution in [2.24, 2.45) is 0 Å². The van der Waals surface area contributed by atoms with E-state index in [-0.39, 0.29) is 6.04 Å². The van der Waals surface area contributed by atoms with E-state index in [4.69, 9.17) is 0 Å².